The van der Waals surface area contributed by atoms with E-state index in [9.17, 15) is 31.2 Å². The highest BCUT2D eigenvalue weighted by Crippen LogP contribution is 2.34. The minimum Gasteiger partial charge on any atom is -0.465 e. The van der Waals surface area contributed by atoms with Crippen molar-refractivity contribution in [3.05, 3.63) is 23.8 Å². The maximum Gasteiger partial charge on any atom is 0.534 e. The zero-order valence-electron chi connectivity index (χ0n) is 11.2. The van der Waals surface area contributed by atoms with Crippen LogP contribution in [0.4, 0.5) is 18.9 Å². The first-order chi connectivity index (χ1) is 9.99. The molecule has 11 heteroatoms. The Balaban J connectivity index is 3.47. The van der Waals surface area contributed by atoms with Crippen LogP contribution in [0.25, 0.3) is 0 Å². The third-order valence-corrected chi connectivity index (χ3v) is 3.16. The number of para-hydroxylation sites is 1. The van der Waals surface area contributed by atoms with Crippen molar-refractivity contribution in [2.45, 2.75) is 12.4 Å². The van der Waals surface area contributed by atoms with Crippen LogP contribution in [0.3, 0.4) is 0 Å². The Labute approximate surface area is 123 Å². The summed E-state index contributed by atoms with van der Waals surface area (Å²) in [6.45, 7) is 1.03. The summed E-state index contributed by atoms with van der Waals surface area (Å²) in [7, 11) is -5.09. The highest BCUT2D eigenvalue weighted by atomic mass is 32.2. The molecule has 1 amide bonds. The first-order valence-electron chi connectivity index (χ1n) is 5.49. The number of esters is 1. The summed E-state index contributed by atoms with van der Waals surface area (Å²) >= 11 is 0. The molecule has 0 saturated carbocycles. The summed E-state index contributed by atoms with van der Waals surface area (Å²) in [4.78, 5) is 22.5. The van der Waals surface area contributed by atoms with E-state index in [1.54, 1.807) is 0 Å². The van der Waals surface area contributed by atoms with Crippen LogP contribution in [0, 0.1) is 0 Å². The number of rotatable bonds is 4. The molecule has 0 spiro atoms. The highest BCUT2D eigenvalue weighted by Gasteiger charge is 2.49. The van der Waals surface area contributed by atoms with Crippen molar-refractivity contribution in [3.63, 3.8) is 0 Å². The standard InChI is InChI=1S/C11H10F3NO6S/c1-6(16)15-8-5-3-4-7(10(17)20-2)9(8)21-22(18,19)11(12,13)14/h3-5H,1-2H3,(H,15,16). The fraction of sp³-hybridized carbons (Fsp3) is 0.273. The Bertz CT molecular complexity index is 698. The molecule has 0 aliphatic heterocycles. The fourth-order valence-corrected chi connectivity index (χ4v) is 1.84. The summed E-state index contributed by atoms with van der Waals surface area (Å²) in [5, 5.41) is 2.06. The van der Waals surface area contributed by atoms with Gasteiger partial charge in [-0.05, 0) is 12.1 Å². The summed E-state index contributed by atoms with van der Waals surface area (Å²) < 4.78 is 67.8. The van der Waals surface area contributed by atoms with Crippen LogP contribution in [0.15, 0.2) is 18.2 Å². The number of hydrogen-bond donors (Lipinski definition) is 1. The molecule has 0 radical (unpaired) electrons. The molecule has 0 aliphatic rings. The van der Waals surface area contributed by atoms with E-state index >= 15 is 0 Å². The average Bonchev–Trinajstić information content (AvgIpc) is 2.37. The Morgan fingerprint density at radius 3 is 2.27 bits per heavy atom. The summed E-state index contributed by atoms with van der Waals surface area (Å²) in [6, 6.07) is 3.25. The van der Waals surface area contributed by atoms with Crippen molar-refractivity contribution in [3.8, 4) is 5.75 Å². The van der Waals surface area contributed by atoms with Gasteiger partial charge in [0.25, 0.3) is 0 Å². The topological polar surface area (TPSA) is 98.8 Å². The van der Waals surface area contributed by atoms with Crippen LogP contribution in [0.2, 0.25) is 0 Å². The van der Waals surface area contributed by atoms with Gasteiger partial charge < -0.3 is 14.2 Å². The Kier molecular flexibility index (Phi) is 5.02. The van der Waals surface area contributed by atoms with Crippen LogP contribution < -0.4 is 9.50 Å². The summed E-state index contributed by atoms with van der Waals surface area (Å²) in [5.41, 5.74) is -6.73. The third-order valence-electron chi connectivity index (χ3n) is 2.21. The largest absolute Gasteiger partial charge is 0.534 e. The molecule has 0 unspecified atom stereocenters. The van der Waals surface area contributed by atoms with Gasteiger partial charge in [0.15, 0.2) is 5.75 Å². The molecule has 0 bridgehead atoms. The van der Waals surface area contributed by atoms with Gasteiger partial charge in [-0.1, -0.05) is 6.07 Å². The zero-order chi connectivity index (χ0) is 17.1. The average molecular weight is 341 g/mol. The molecule has 22 heavy (non-hydrogen) atoms. The second kappa shape index (κ2) is 6.22. The van der Waals surface area contributed by atoms with Gasteiger partial charge in [0.2, 0.25) is 5.91 Å². The molecular formula is C11H10F3NO6S. The maximum absolute atomic E-state index is 12.4. The normalized spacial score (nSPS) is 11.7. The number of halogens is 3. The number of ether oxygens (including phenoxy) is 1. The lowest BCUT2D eigenvalue weighted by Crippen LogP contribution is -2.29. The summed E-state index contributed by atoms with van der Waals surface area (Å²) in [5.74, 6) is -2.84. The lowest BCUT2D eigenvalue weighted by Gasteiger charge is -2.15. The molecule has 0 aliphatic carbocycles. The van der Waals surface area contributed by atoms with Crippen LogP contribution >= 0.6 is 0 Å². The quantitative estimate of drug-likeness (QED) is 0.508. The molecule has 122 valence electrons. The molecular weight excluding hydrogens is 331 g/mol. The fourth-order valence-electron chi connectivity index (χ4n) is 1.34. The van der Waals surface area contributed by atoms with E-state index in [2.05, 4.69) is 14.2 Å². The monoisotopic (exact) mass is 341 g/mol. The number of benzene rings is 1. The Hall–Kier alpha value is -2.30. The number of methoxy groups -OCH3 is 1. The van der Waals surface area contributed by atoms with E-state index in [0.29, 0.717) is 0 Å². The van der Waals surface area contributed by atoms with Crippen LogP contribution in [0.5, 0.6) is 5.75 Å². The number of hydrogen-bond acceptors (Lipinski definition) is 6. The van der Waals surface area contributed by atoms with E-state index in [-0.39, 0.29) is 0 Å². The van der Waals surface area contributed by atoms with Gasteiger partial charge >= 0.3 is 21.6 Å². The lowest BCUT2D eigenvalue weighted by atomic mass is 10.1. The SMILES string of the molecule is COC(=O)c1cccc(NC(C)=O)c1OS(=O)(=O)C(F)(F)F. The van der Waals surface area contributed by atoms with E-state index in [4.69, 9.17) is 0 Å². The number of carbonyl (C=O) groups excluding carboxylic acids is 2. The van der Waals surface area contributed by atoms with Gasteiger partial charge in [-0.3, -0.25) is 4.79 Å². The zero-order valence-corrected chi connectivity index (χ0v) is 12.0. The molecule has 0 aromatic heterocycles. The number of amides is 1. The first kappa shape index (κ1) is 17.8. The first-order valence-corrected chi connectivity index (χ1v) is 6.90. The molecule has 1 aromatic carbocycles. The predicted molar refractivity (Wildman–Crippen MR) is 67.7 cm³/mol. The second-order valence-electron chi connectivity index (χ2n) is 3.84. The van der Waals surface area contributed by atoms with E-state index < -0.39 is 44.5 Å². The molecule has 1 N–H and O–H groups in total. The van der Waals surface area contributed by atoms with Gasteiger partial charge in [-0.15, -0.1) is 0 Å². The van der Waals surface area contributed by atoms with Gasteiger partial charge in [0.05, 0.1) is 12.8 Å². The molecule has 0 atom stereocenters. The molecule has 0 saturated heterocycles. The van der Waals surface area contributed by atoms with Crippen molar-refractivity contribution in [2.24, 2.45) is 0 Å². The van der Waals surface area contributed by atoms with Gasteiger partial charge in [0.1, 0.15) is 5.56 Å². The van der Waals surface area contributed by atoms with Crippen LogP contribution in [0.1, 0.15) is 17.3 Å². The molecule has 1 aromatic rings. The third kappa shape index (κ3) is 3.87. The second-order valence-corrected chi connectivity index (χ2v) is 5.38. The van der Waals surface area contributed by atoms with Crippen molar-refractivity contribution in [1.29, 1.82) is 0 Å². The van der Waals surface area contributed by atoms with E-state index in [1.807, 2.05) is 0 Å². The minimum absolute atomic E-state index is 0.428. The molecule has 1 rings (SSSR count). The minimum atomic E-state index is -6.03. The molecule has 7 nitrogen and oxygen atoms in total. The van der Waals surface area contributed by atoms with Crippen LogP contribution in [-0.4, -0.2) is 32.9 Å². The van der Waals surface area contributed by atoms with Crippen molar-refractivity contribution in [2.75, 3.05) is 12.4 Å². The van der Waals surface area contributed by atoms with Gasteiger partial charge in [-0.25, -0.2) is 4.79 Å². The molecule has 0 heterocycles. The van der Waals surface area contributed by atoms with Gasteiger partial charge in [0, 0.05) is 6.92 Å². The van der Waals surface area contributed by atoms with Crippen molar-refractivity contribution < 1.29 is 40.1 Å². The Morgan fingerprint density at radius 2 is 1.82 bits per heavy atom. The van der Waals surface area contributed by atoms with Gasteiger partial charge in [-0.2, -0.15) is 21.6 Å². The van der Waals surface area contributed by atoms with E-state index in [1.165, 1.54) is 6.07 Å². The smallest absolute Gasteiger partial charge is 0.465 e. The maximum atomic E-state index is 12.4. The van der Waals surface area contributed by atoms with Crippen molar-refractivity contribution in [1.82, 2.24) is 0 Å². The number of anilines is 1. The number of alkyl halides is 3. The Morgan fingerprint density at radius 1 is 1.23 bits per heavy atom. The highest BCUT2D eigenvalue weighted by molar-refractivity contribution is 7.88. The lowest BCUT2D eigenvalue weighted by molar-refractivity contribution is -0.114. The number of carbonyl (C=O) groups is 2. The van der Waals surface area contributed by atoms with Crippen molar-refractivity contribution >= 4 is 27.7 Å². The van der Waals surface area contributed by atoms with E-state index in [0.717, 1.165) is 26.2 Å². The van der Waals surface area contributed by atoms with Crippen LogP contribution in [-0.2, 0) is 19.6 Å². The molecule has 0 fully saturated rings. The summed E-state index contributed by atoms with van der Waals surface area (Å²) in [6.07, 6.45) is 0. The number of nitrogens with one attached hydrogen (secondary N) is 1. The predicted octanol–water partition coefficient (Wildman–Crippen LogP) is 1.66.